The number of rotatable bonds is 3. The van der Waals surface area contributed by atoms with E-state index in [0.29, 0.717) is 19.4 Å². The normalized spacial score (nSPS) is 24.8. The average molecular weight is 208 g/mol. The summed E-state index contributed by atoms with van der Waals surface area (Å²) in [5, 5.41) is 0. The van der Waals surface area contributed by atoms with Crippen LogP contribution in [-0.4, -0.2) is 32.5 Å². The summed E-state index contributed by atoms with van der Waals surface area (Å²) in [5.41, 5.74) is 0. The number of Topliss-reactive ketones (excluding diaryl/α,β-unsaturated/α-hetero) is 1. The predicted molar refractivity (Wildman–Crippen MR) is 45.6 cm³/mol. The van der Waals surface area contributed by atoms with Crippen LogP contribution in [-0.2, 0) is 23.1 Å². The lowest BCUT2D eigenvalue weighted by Crippen LogP contribution is -2.30. The average Bonchev–Trinajstić information content (AvgIpc) is 2.17. The van der Waals surface area contributed by atoms with Crippen molar-refractivity contribution < 1.29 is 23.1 Å². The van der Waals surface area contributed by atoms with Crippen molar-refractivity contribution in [3.05, 3.63) is 0 Å². The first-order chi connectivity index (χ1) is 6.14. The lowest BCUT2D eigenvalue weighted by Gasteiger charge is -2.26. The molecule has 0 radical (unpaired) electrons. The van der Waals surface area contributed by atoms with Crippen LogP contribution in [0.3, 0.4) is 0 Å². The predicted octanol–water partition coefficient (Wildman–Crippen LogP) is 1.18. The van der Waals surface area contributed by atoms with Gasteiger partial charge < -0.3 is 13.8 Å². The number of carbonyl (C=O) groups is 1. The van der Waals surface area contributed by atoms with Gasteiger partial charge >= 0.3 is 7.60 Å². The zero-order chi connectivity index (χ0) is 9.90. The van der Waals surface area contributed by atoms with Gasteiger partial charge in [-0.15, -0.1) is 0 Å². The summed E-state index contributed by atoms with van der Waals surface area (Å²) in [5.74, 6) is -1.24. The molecule has 0 aromatic carbocycles. The quantitative estimate of drug-likeness (QED) is 0.651. The van der Waals surface area contributed by atoms with Crippen LogP contribution in [0.4, 0.5) is 0 Å². The van der Waals surface area contributed by atoms with E-state index in [-0.39, 0.29) is 5.78 Å². The van der Waals surface area contributed by atoms with Gasteiger partial charge in [-0.05, 0) is 6.42 Å². The molecule has 1 atom stereocenters. The van der Waals surface area contributed by atoms with Gasteiger partial charge in [-0.3, -0.25) is 9.36 Å². The summed E-state index contributed by atoms with van der Waals surface area (Å²) in [6, 6.07) is 0. The molecule has 0 bridgehead atoms. The number of hydrogen-bond acceptors (Lipinski definition) is 5. The summed E-state index contributed by atoms with van der Waals surface area (Å²) in [6.07, 6.45) is 1.05. The van der Waals surface area contributed by atoms with E-state index in [1.165, 1.54) is 14.2 Å². The van der Waals surface area contributed by atoms with Crippen LogP contribution in [0.25, 0.3) is 0 Å². The number of carbonyl (C=O) groups excluding carboxylic acids is 1. The van der Waals surface area contributed by atoms with Crippen LogP contribution in [0, 0.1) is 0 Å². The van der Waals surface area contributed by atoms with Crippen molar-refractivity contribution >= 4 is 13.4 Å². The van der Waals surface area contributed by atoms with Crippen LogP contribution in [0.15, 0.2) is 0 Å². The Bertz CT molecular complexity index is 231. The van der Waals surface area contributed by atoms with E-state index >= 15 is 0 Å². The summed E-state index contributed by atoms with van der Waals surface area (Å²) >= 11 is 0. The zero-order valence-electron chi connectivity index (χ0n) is 7.69. The topological polar surface area (TPSA) is 61.8 Å². The highest BCUT2D eigenvalue weighted by molar-refractivity contribution is 7.55. The third kappa shape index (κ3) is 2.17. The third-order valence-corrected chi connectivity index (χ3v) is 3.94. The summed E-state index contributed by atoms with van der Waals surface area (Å²) < 4.78 is 26.2. The number of hydrogen-bond donors (Lipinski definition) is 0. The molecule has 0 N–H and O–H groups in total. The minimum absolute atomic E-state index is 0.210. The Morgan fingerprint density at radius 2 is 2.08 bits per heavy atom. The Morgan fingerprint density at radius 1 is 1.46 bits per heavy atom. The van der Waals surface area contributed by atoms with Crippen LogP contribution >= 0.6 is 7.60 Å². The summed E-state index contributed by atoms with van der Waals surface area (Å²) in [7, 11) is -0.893. The molecule has 13 heavy (non-hydrogen) atoms. The van der Waals surface area contributed by atoms with Crippen molar-refractivity contribution in [3.8, 4) is 0 Å². The second kappa shape index (κ2) is 4.33. The molecule has 0 aromatic rings. The molecular weight excluding hydrogens is 195 g/mol. The van der Waals surface area contributed by atoms with Crippen molar-refractivity contribution in [3.63, 3.8) is 0 Å². The van der Waals surface area contributed by atoms with Crippen molar-refractivity contribution in [1.82, 2.24) is 0 Å². The zero-order valence-corrected chi connectivity index (χ0v) is 8.58. The van der Waals surface area contributed by atoms with E-state index in [9.17, 15) is 9.36 Å². The Morgan fingerprint density at radius 3 is 2.54 bits per heavy atom. The molecular formula is C7H13O5P. The minimum Gasteiger partial charge on any atom is -0.358 e. The lowest BCUT2D eigenvalue weighted by atomic mass is 10.2. The van der Waals surface area contributed by atoms with Gasteiger partial charge in [0.2, 0.25) is 5.85 Å². The van der Waals surface area contributed by atoms with E-state index in [2.05, 4.69) is 9.05 Å². The Labute approximate surface area is 76.9 Å². The van der Waals surface area contributed by atoms with Gasteiger partial charge in [-0.1, -0.05) is 0 Å². The van der Waals surface area contributed by atoms with Crippen LogP contribution in [0.5, 0.6) is 0 Å². The van der Waals surface area contributed by atoms with Crippen LogP contribution < -0.4 is 0 Å². The fourth-order valence-electron chi connectivity index (χ4n) is 1.19. The number of ether oxygens (including phenoxy) is 1. The van der Waals surface area contributed by atoms with Gasteiger partial charge in [0.15, 0.2) is 5.78 Å². The maximum absolute atomic E-state index is 11.7. The van der Waals surface area contributed by atoms with Crippen molar-refractivity contribution in [2.24, 2.45) is 0 Å². The van der Waals surface area contributed by atoms with E-state index in [4.69, 9.17) is 4.74 Å². The molecule has 1 aliphatic rings. The molecule has 5 nitrogen and oxygen atoms in total. The first-order valence-electron chi connectivity index (χ1n) is 3.99. The fraction of sp³-hybridized carbons (Fsp3) is 0.857. The number of ketones is 1. The van der Waals surface area contributed by atoms with Crippen LogP contribution in [0.1, 0.15) is 12.8 Å². The molecule has 1 saturated heterocycles. The molecule has 6 heteroatoms. The molecule has 0 amide bonds. The van der Waals surface area contributed by atoms with E-state index < -0.39 is 13.4 Å². The molecule has 1 unspecified atom stereocenters. The molecule has 76 valence electrons. The van der Waals surface area contributed by atoms with Gasteiger partial charge in [0.25, 0.3) is 0 Å². The van der Waals surface area contributed by atoms with E-state index in [1.807, 2.05) is 0 Å². The first-order valence-corrected chi connectivity index (χ1v) is 5.60. The monoisotopic (exact) mass is 208 g/mol. The van der Waals surface area contributed by atoms with Crippen LogP contribution in [0.2, 0.25) is 0 Å². The SMILES string of the molecule is COP(=O)(OC)C1OCCCC1=O. The molecule has 0 aliphatic carbocycles. The lowest BCUT2D eigenvalue weighted by molar-refractivity contribution is -0.131. The Kier molecular flexibility index (Phi) is 3.62. The maximum Gasteiger partial charge on any atom is 0.366 e. The van der Waals surface area contributed by atoms with Gasteiger partial charge in [0.1, 0.15) is 0 Å². The first kappa shape index (κ1) is 10.9. The van der Waals surface area contributed by atoms with Crippen molar-refractivity contribution in [2.75, 3.05) is 20.8 Å². The Balaban J connectivity index is 2.78. The second-order valence-corrected chi connectivity index (χ2v) is 4.98. The van der Waals surface area contributed by atoms with Crippen molar-refractivity contribution in [2.45, 2.75) is 18.7 Å². The highest BCUT2D eigenvalue weighted by Gasteiger charge is 2.41. The highest BCUT2D eigenvalue weighted by atomic mass is 31.2. The molecule has 1 fully saturated rings. The molecule has 0 spiro atoms. The van der Waals surface area contributed by atoms with E-state index in [0.717, 1.165) is 0 Å². The second-order valence-electron chi connectivity index (χ2n) is 2.70. The minimum atomic E-state index is -3.38. The molecule has 1 rings (SSSR count). The Hall–Kier alpha value is -0.220. The standard InChI is InChI=1S/C7H13O5P/c1-10-13(9,11-2)7-6(8)4-3-5-12-7/h7H,3-5H2,1-2H3. The summed E-state index contributed by atoms with van der Waals surface area (Å²) in [4.78, 5) is 11.3. The van der Waals surface area contributed by atoms with Gasteiger partial charge in [0, 0.05) is 27.2 Å². The largest absolute Gasteiger partial charge is 0.366 e. The van der Waals surface area contributed by atoms with Gasteiger partial charge in [-0.2, -0.15) is 0 Å². The highest BCUT2D eigenvalue weighted by Crippen LogP contribution is 2.53. The molecule has 1 heterocycles. The molecule has 0 aromatic heterocycles. The van der Waals surface area contributed by atoms with Gasteiger partial charge in [0.05, 0.1) is 0 Å². The smallest absolute Gasteiger partial charge is 0.358 e. The summed E-state index contributed by atoms with van der Waals surface area (Å²) in [6.45, 7) is 0.424. The maximum atomic E-state index is 11.7. The van der Waals surface area contributed by atoms with E-state index in [1.54, 1.807) is 0 Å². The molecule has 1 aliphatic heterocycles. The molecule has 0 saturated carbocycles. The third-order valence-electron chi connectivity index (χ3n) is 1.91. The van der Waals surface area contributed by atoms with Crippen molar-refractivity contribution in [1.29, 1.82) is 0 Å². The fourth-order valence-corrected chi connectivity index (χ4v) is 2.49. The van der Waals surface area contributed by atoms with Gasteiger partial charge in [-0.25, -0.2) is 0 Å².